The zero-order valence-electron chi connectivity index (χ0n) is 23.3. The fourth-order valence-corrected chi connectivity index (χ4v) is 4.64. The molecular formula is C32H50O3. The lowest BCUT2D eigenvalue weighted by molar-refractivity contribution is 0.0561. The molecule has 1 aliphatic heterocycles. The van der Waals surface area contributed by atoms with Crippen molar-refractivity contribution in [3.05, 3.63) is 58.2 Å². The second-order valence-corrected chi connectivity index (χ2v) is 10.9. The van der Waals surface area contributed by atoms with Crippen LogP contribution in [-0.2, 0) is 6.42 Å². The average molecular weight is 483 g/mol. The van der Waals surface area contributed by atoms with Crippen molar-refractivity contribution in [2.24, 2.45) is 0 Å². The highest BCUT2D eigenvalue weighted by Crippen LogP contribution is 2.40. The Balaban J connectivity index is 1.80. The zero-order chi connectivity index (χ0) is 25.7. The summed E-state index contributed by atoms with van der Waals surface area (Å²) in [5.41, 5.74) is 6.72. The van der Waals surface area contributed by atoms with Crippen molar-refractivity contribution in [1.29, 1.82) is 0 Å². The molecule has 1 atom stereocenters. The molecule has 1 aliphatic rings. The average Bonchev–Trinajstić information content (AvgIpc) is 2.79. The summed E-state index contributed by atoms with van der Waals surface area (Å²) in [5.74, 6) is 2.00. The highest BCUT2D eigenvalue weighted by Gasteiger charge is 2.32. The van der Waals surface area contributed by atoms with Crippen LogP contribution < -0.4 is 9.47 Å². The van der Waals surface area contributed by atoms with Crippen LogP contribution in [-0.4, -0.2) is 23.9 Å². The van der Waals surface area contributed by atoms with E-state index in [9.17, 15) is 0 Å². The van der Waals surface area contributed by atoms with Gasteiger partial charge in [0.15, 0.2) is 0 Å². The van der Waals surface area contributed by atoms with E-state index in [4.69, 9.17) is 14.6 Å². The molecule has 0 fully saturated rings. The van der Waals surface area contributed by atoms with Crippen molar-refractivity contribution in [3.8, 4) is 11.5 Å². The van der Waals surface area contributed by atoms with Gasteiger partial charge in [-0.25, -0.2) is 0 Å². The van der Waals surface area contributed by atoms with Gasteiger partial charge in [0.05, 0.1) is 6.61 Å². The van der Waals surface area contributed by atoms with Crippen LogP contribution >= 0.6 is 0 Å². The maximum absolute atomic E-state index is 8.90. The van der Waals surface area contributed by atoms with Gasteiger partial charge < -0.3 is 14.6 Å². The molecule has 0 unspecified atom stereocenters. The Morgan fingerprint density at radius 3 is 2.34 bits per heavy atom. The number of rotatable bonds is 15. The van der Waals surface area contributed by atoms with Gasteiger partial charge in [0.25, 0.3) is 0 Å². The van der Waals surface area contributed by atoms with Gasteiger partial charge in [0, 0.05) is 6.61 Å². The predicted octanol–water partition coefficient (Wildman–Crippen LogP) is 8.82. The number of aliphatic hydroxyl groups is 1. The van der Waals surface area contributed by atoms with Crippen LogP contribution in [0.15, 0.2) is 47.1 Å². The molecule has 0 aromatic heterocycles. The molecule has 3 heteroatoms. The molecule has 1 aromatic carbocycles. The molecule has 2 rings (SSSR count). The molecule has 0 saturated carbocycles. The summed E-state index contributed by atoms with van der Waals surface area (Å²) in [6.07, 6.45) is 18.8. The van der Waals surface area contributed by atoms with Gasteiger partial charge in [-0.2, -0.15) is 0 Å². The molecule has 1 heterocycles. The van der Waals surface area contributed by atoms with Gasteiger partial charge >= 0.3 is 0 Å². The summed E-state index contributed by atoms with van der Waals surface area (Å²) in [6.45, 7) is 14.2. The van der Waals surface area contributed by atoms with E-state index in [1.54, 1.807) is 0 Å². The lowest BCUT2D eigenvalue weighted by Crippen LogP contribution is -2.36. The van der Waals surface area contributed by atoms with Gasteiger partial charge in [-0.05, 0) is 135 Å². The fraction of sp³-hybridized carbons (Fsp3) is 0.625. The SMILES string of the molecule is CC(C)=CCC/C(C)=C/CC/C(C)=C/CC[C@]1(C)CCc2cc(OCCCCCO)cc(C)c2O1. The molecule has 0 amide bonds. The minimum atomic E-state index is -0.109. The third kappa shape index (κ3) is 11.1. The van der Waals surface area contributed by atoms with E-state index in [0.717, 1.165) is 81.3 Å². The standard InChI is InChI=1S/C32H50O3/c1-25(2)13-10-14-26(3)15-11-16-27(4)17-12-19-32(6)20-18-29-24-30(23-28(5)31(29)35-32)34-22-9-7-8-21-33/h13,15,17,23-24,33H,7-12,14,16,18-22H2,1-6H3/b26-15+,27-17+/t32-/m1/s1. The number of fused-ring (bicyclic) bond motifs is 1. The first-order valence-electron chi connectivity index (χ1n) is 13.7. The maximum Gasteiger partial charge on any atom is 0.126 e. The molecule has 3 nitrogen and oxygen atoms in total. The van der Waals surface area contributed by atoms with Crippen LogP contribution in [0.25, 0.3) is 0 Å². The Bertz CT molecular complexity index is 873. The van der Waals surface area contributed by atoms with E-state index in [1.807, 2.05) is 0 Å². The molecule has 0 radical (unpaired) electrons. The molecule has 35 heavy (non-hydrogen) atoms. The minimum Gasteiger partial charge on any atom is -0.494 e. The first-order chi connectivity index (χ1) is 16.7. The van der Waals surface area contributed by atoms with Crippen LogP contribution in [0.1, 0.15) is 110 Å². The molecule has 0 saturated heterocycles. The van der Waals surface area contributed by atoms with E-state index in [2.05, 4.69) is 71.9 Å². The smallest absolute Gasteiger partial charge is 0.126 e. The molecule has 0 bridgehead atoms. The first-order valence-corrected chi connectivity index (χ1v) is 13.7. The molecule has 0 spiro atoms. The van der Waals surface area contributed by atoms with Gasteiger partial charge in [-0.1, -0.05) is 34.9 Å². The highest BCUT2D eigenvalue weighted by atomic mass is 16.5. The minimum absolute atomic E-state index is 0.109. The summed E-state index contributed by atoms with van der Waals surface area (Å²) in [7, 11) is 0. The van der Waals surface area contributed by atoms with Gasteiger partial charge in [0.1, 0.15) is 17.1 Å². The quantitative estimate of drug-likeness (QED) is 0.200. The number of unbranched alkanes of at least 4 members (excludes halogenated alkanes) is 2. The summed E-state index contributed by atoms with van der Waals surface area (Å²) in [5, 5.41) is 8.90. The van der Waals surface area contributed by atoms with Gasteiger partial charge in [0.2, 0.25) is 0 Å². The Kier molecular flexibility index (Phi) is 12.7. The summed E-state index contributed by atoms with van der Waals surface area (Å²) < 4.78 is 12.6. The number of aryl methyl sites for hydroxylation is 2. The normalized spacial score (nSPS) is 18.1. The summed E-state index contributed by atoms with van der Waals surface area (Å²) in [4.78, 5) is 0. The first kappa shape index (κ1) is 29.2. The Morgan fingerprint density at radius 1 is 0.971 bits per heavy atom. The lowest BCUT2D eigenvalue weighted by atomic mass is 9.87. The Labute approximate surface area is 215 Å². The van der Waals surface area contributed by atoms with Crippen LogP contribution in [0.3, 0.4) is 0 Å². The van der Waals surface area contributed by atoms with Crippen LogP contribution in [0, 0.1) is 6.92 Å². The zero-order valence-corrected chi connectivity index (χ0v) is 23.3. The fourth-order valence-electron chi connectivity index (χ4n) is 4.64. The third-order valence-electron chi connectivity index (χ3n) is 6.96. The van der Waals surface area contributed by atoms with E-state index in [1.165, 1.54) is 28.7 Å². The van der Waals surface area contributed by atoms with Crippen molar-refractivity contribution in [3.63, 3.8) is 0 Å². The largest absolute Gasteiger partial charge is 0.494 e. The second kappa shape index (κ2) is 15.2. The Hall–Kier alpha value is -2.00. The van der Waals surface area contributed by atoms with Crippen molar-refractivity contribution in [2.45, 2.75) is 118 Å². The van der Waals surface area contributed by atoms with E-state index in [-0.39, 0.29) is 12.2 Å². The molecular weight excluding hydrogens is 432 g/mol. The Morgan fingerprint density at radius 2 is 1.66 bits per heavy atom. The maximum atomic E-state index is 8.90. The molecule has 0 aliphatic carbocycles. The topological polar surface area (TPSA) is 38.7 Å². The van der Waals surface area contributed by atoms with Crippen molar-refractivity contribution in [2.75, 3.05) is 13.2 Å². The number of ether oxygens (including phenoxy) is 2. The van der Waals surface area contributed by atoms with Crippen LogP contribution in [0.2, 0.25) is 0 Å². The van der Waals surface area contributed by atoms with Crippen molar-refractivity contribution >= 4 is 0 Å². The molecule has 196 valence electrons. The molecule has 1 aromatic rings. The predicted molar refractivity (Wildman–Crippen MR) is 150 cm³/mol. The second-order valence-electron chi connectivity index (χ2n) is 10.9. The highest BCUT2D eigenvalue weighted by molar-refractivity contribution is 5.48. The van der Waals surface area contributed by atoms with Gasteiger partial charge in [-0.15, -0.1) is 0 Å². The van der Waals surface area contributed by atoms with E-state index >= 15 is 0 Å². The summed E-state index contributed by atoms with van der Waals surface area (Å²) >= 11 is 0. The monoisotopic (exact) mass is 482 g/mol. The van der Waals surface area contributed by atoms with E-state index < -0.39 is 0 Å². The number of hydrogen-bond donors (Lipinski definition) is 1. The van der Waals surface area contributed by atoms with Crippen molar-refractivity contribution in [1.82, 2.24) is 0 Å². The van der Waals surface area contributed by atoms with Crippen LogP contribution in [0.4, 0.5) is 0 Å². The number of allylic oxidation sites excluding steroid dienone is 6. The molecule has 1 N–H and O–H groups in total. The lowest BCUT2D eigenvalue weighted by Gasteiger charge is -2.37. The summed E-state index contributed by atoms with van der Waals surface area (Å²) in [6, 6.07) is 4.27. The third-order valence-corrected chi connectivity index (χ3v) is 6.96. The van der Waals surface area contributed by atoms with Gasteiger partial charge in [-0.3, -0.25) is 0 Å². The van der Waals surface area contributed by atoms with E-state index in [0.29, 0.717) is 6.61 Å². The number of hydrogen-bond acceptors (Lipinski definition) is 3. The van der Waals surface area contributed by atoms with Crippen molar-refractivity contribution < 1.29 is 14.6 Å². The van der Waals surface area contributed by atoms with Crippen LogP contribution in [0.5, 0.6) is 11.5 Å². The number of benzene rings is 1. The number of aliphatic hydroxyl groups excluding tert-OH is 1.